The molecule has 0 spiro atoms. The average molecular weight is 179 g/mol. The summed E-state index contributed by atoms with van der Waals surface area (Å²) in [6, 6.07) is 2.11. The first-order valence-corrected chi connectivity index (χ1v) is 5.04. The maximum absolute atomic E-state index is 4.01. The number of aromatic nitrogens is 2. The van der Waals surface area contributed by atoms with Crippen LogP contribution in [0, 0.1) is 0 Å². The fraction of sp³-hybridized carbons (Fsp3) is 0.700. The predicted octanol–water partition coefficient (Wildman–Crippen LogP) is 1.61. The Morgan fingerprint density at radius 1 is 1.46 bits per heavy atom. The van der Waals surface area contributed by atoms with E-state index in [2.05, 4.69) is 28.2 Å². The molecule has 0 aromatic carbocycles. The summed E-state index contributed by atoms with van der Waals surface area (Å²) in [6.45, 7) is 2.45. The zero-order valence-corrected chi connectivity index (χ0v) is 8.16. The Kier molecular flexibility index (Phi) is 2.64. The molecule has 0 bridgehead atoms. The molecule has 72 valence electrons. The van der Waals surface area contributed by atoms with Crippen molar-refractivity contribution < 1.29 is 0 Å². The van der Waals surface area contributed by atoms with E-state index in [4.69, 9.17) is 0 Å². The van der Waals surface area contributed by atoms with Crippen molar-refractivity contribution >= 4 is 0 Å². The normalized spacial score (nSPS) is 25.8. The van der Waals surface area contributed by atoms with Crippen LogP contribution in [0.2, 0.25) is 0 Å². The third-order valence-electron chi connectivity index (χ3n) is 2.91. The molecule has 2 heterocycles. The highest BCUT2D eigenvalue weighted by Gasteiger charge is 2.16. The number of nitrogens with one attached hydrogen (secondary N) is 1. The van der Waals surface area contributed by atoms with Gasteiger partial charge in [0.25, 0.3) is 0 Å². The molecule has 3 nitrogen and oxygen atoms in total. The lowest BCUT2D eigenvalue weighted by Gasteiger charge is -2.13. The fourth-order valence-corrected chi connectivity index (χ4v) is 2.04. The molecule has 0 amide bonds. The van der Waals surface area contributed by atoms with Gasteiger partial charge >= 0.3 is 0 Å². The van der Waals surface area contributed by atoms with Gasteiger partial charge in [0.1, 0.15) is 0 Å². The summed E-state index contributed by atoms with van der Waals surface area (Å²) in [4.78, 5) is 2.41. The lowest BCUT2D eigenvalue weighted by Crippen LogP contribution is -2.18. The highest BCUT2D eigenvalue weighted by atomic mass is 15.1. The third kappa shape index (κ3) is 2.10. The molecule has 1 aromatic heterocycles. The van der Waals surface area contributed by atoms with Gasteiger partial charge in [0, 0.05) is 17.8 Å². The van der Waals surface area contributed by atoms with Gasteiger partial charge < -0.3 is 4.90 Å². The van der Waals surface area contributed by atoms with E-state index in [1.807, 2.05) is 6.20 Å². The van der Waals surface area contributed by atoms with Gasteiger partial charge in [-0.2, -0.15) is 5.10 Å². The highest BCUT2D eigenvalue weighted by molar-refractivity contribution is 5.05. The van der Waals surface area contributed by atoms with E-state index in [1.54, 1.807) is 0 Å². The second-order valence-corrected chi connectivity index (χ2v) is 3.94. The first kappa shape index (κ1) is 8.75. The van der Waals surface area contributed by atoms with Crippen LogP contribution in [0.1, 0.15) is 30.9 Å². The van der Waals surface area contributed by atoms with E-state index in [1.165, 1.54) is 38.0 Å². The standard InChI is InChI=1S/C10H17N3/c1-13-7-2-3-9(5-8-13)10-4-6-11-12-10/h4,6,9H,2-3,5,7-8H2,1H3,(H,11,12)/t9-/m1/s1. The van der Waals surface area contributed by atoms with Crippen LogP contribution in [-0.2, 0) is 0 Å². The lowest BCUT2D eigenvalue weighted by molar-refractivity contribution is 0.347. The van der Waals surface area contributed by atoms with Gasteiger partial charge in [-0.1, -0.05) is 0 Å². The molecule has 1 atom stereocenters. The smallest absolute Gasteiger partial charge is 0.0490 e. The number of likely N-dealkylation sites (tertiary alicyclic amines) is 1. The summed E-state index contributed by atoms with van der Waals surface area (Å²) >= 11 is 0. The van der Waals surface area contributed by atoms with Crippen molar-refractivity contribution in [3.63, 3.8) is 0 Å². The Balaban J connectivity index is 2.00. The van der Waals surface area contributed by atoms with Gasteiger partial charge in [-0.3, -0.25) is 5.10 Å². The zero-order chi connectivity index (χ0) is 9.10. The molecule has 1 fully saturated rings. The summed E-state index contributed by atoms with van der Waals surface area (Å²) in [5.41, 5.74) is 1.32. The summed E-state index contributed by atoms with van der Waals surface area (Å²) < 4.78 is 0. The van der Waals surface area contributed by atoms with Crippen LogP contribution in [0.4, 0.5) is 0 Å². The van der Waals surface area contributed by atoms with E-state index in [9.17, 15) is 0 Å². The molecule has 1 aliphatic heterocycles. The molecule has 3 heteroatoms. The minimum Gasteiger partial charge on any atom is -0.306 e. The molecule has 1 aliphatic rings. The number of aromatic amines is 1. The Labute approximate surface area is 79.1 Å². The van der Waals surface area contributed by atoms with Crippen molar-refractivity contribution in [1.29, 1.82) is 0 Å². The zero-order valence-electron chi connectivity index (χ0n) is 8.16. The van der Waals surface area contributed by atoms with Crippen LogP contribution in [0.15, 0.2) is 12.3 Å². The Bertz CT molecular complexity index is 243. The van der Waals surface area contributed by atoms with Crippen molar-refractivity contribution in [2.24, 2.45) is 0 Å². The third-order valence-corrected chi connectivity index (χ3v) is 2.91. The summed E-state index contributed by atoms with van der Waals surface area (Å²) in [6.07, 6.45) is 5.72. The number of hydrogen-bond acceptors (Lipinski definition) is 2. The second kappa shape index (κ2) is 3.92. The SMILES string of the molecule is CN1CCC[C@@H](c2ccn[nH]2)CC1. The molecule has 1 N–H and O–H groups in total. The maximum Gasteiger partial charge on any atom is 0.0490 e. The van der Waals surface area contributed by atoms with Crippen molar-refractivity contribution in [1.82, 2.24) is 15.1 Å². The van der Waals surface area contributed by atoms with Gasteiger partial charge in [0.15, 0.2) is 0 Å². The van der Waals surface area contributed by atoms with Crippen molar-refractivity contribution in [2.45, 2.75) is 25.2 Å². The van der Waals surface area contributed by atoms with Gasteiger partial charge in [-0.25, -0.2) is 0 Å². The molecular weight excluding hydrogens is 162 g/mol. The number of rotatable bonds is 1. The Hall–Kier alpha value is -0.830. The topological polar surface area (TPSA) is 31.9 Å². The van der Waals surface area contributed by atoms with E-state index < -0.39 is 0 Å². The molecule has 0 saturated carbocycles. The Morgan fingerprint density at radius 3 is 3.15 bits per heavy atom. The molecule has 1 aromatic rings. The Morgan fingerprint density at radius 2 is 2.38 bits per heavy atom. The van der Waals surface area contributed by atoms with Crippen molar-refractivity contribution in [3.8, 4) is 0 Å². The van der Waals surface area contributed by atoms with Crippen molar-refractivity contribution in [2.75, 3.05) is 20.1 Å². The van der Waals surface area contributed by atoms with Crippen LogP contribution in [-0.4, -0.2) is 35.2 Å². The van der Waals surface area contributed by atoms with E-state index in [0.29, 0.717) is 5.92 Å². The predicted molar refractivity (Wildman–Crippen MR) is 52.7 cm³/mol. The number of nitrogens with zero attached hydrogens (tertiary/aromatic N) is 2. The van der Waals surface area contributed by atoms with Crippen molar-refractivity contribution in [3.05, 3.63) is 18.0 Å². The average Bonchev–Trinajstić information content (AvgIpc) is 2.56. The maximum atomic E-state index is 4.01. The minimum absolute atomic E-state index is 0.701. The quantitative estimate of drug-likeness (QED) is 0.710. The molecule has 0 unspecified atom stereocenters. The van der Waals surface area contributed by atoms with Gasteiger partial charge in [0.05, 0.1) is 0 Å². The molecule has 2 rings (SSSR count). The summed E-state index contributed by atoms with van der Waals surface area (Å²) in [5, 5.41) is 7.09. The largest absolute Gasteiger partial charge is 0.306 e. The first-order chi connectivity index (χ1) is 6.36. The fourth-order valence-electron chi connectivity index (χ4n) is 2.04. The summed E-state index contributed by atoms with van der Waals surface area (Å²) in [7, 11) is 2.20. The van der Waals surface area contributed by atoms with Crippen LogP contribution < -0.4 is 0 Å². The molecular formula is C10H17N3. The van der Waals surface area contributed by atoms with Gasteiger partial charge in [0.2, 0.25) is 0 Å². The van der Waals surface area contributed by atoms with Gasteiger partial charge in [-0.15, -0.1) is 0 Å². The van der Waals surface area contributed by atoms with Crippen LogP contribution in [0.3, 0.4) is 0 Å². The molecule has 0 aliphatic carbocycles. The molecule has 0 radical (unpaired) electrons. The van der Waals surface area contributed by atoms with E-state index in [-0.39, 0.29) is 0 Å². The van der Waals surface area contributed by atoms with Crippen LogP contribution >= 0.6 is 0 Å². The summed E-state index contributed by atoms with van der Waals surface area (Å²) in [5.74, 6) is 0.701. The molecule has 13 heavy (non-hydrogen) atoms. The highest BCUT2D eigenvalue weighted by Crippen LogP contribution is 2.25. The number of hydrogen-bond donors (Lipinski definition) is 1. The van der Waals surface area contributed by atoms with E-state index >= 15 is 0 Å². The van der Waals surface area contributed by atoms with Gasteiger partial charge in [-0.05, 0) is 45.5 Å². The molecule has 1 saturated heterocycles. The monoisotopic (exact) mass is 179 g/mol. The van der Waals surface area contributed by atoms with Crippen LogP contribution in [0.25, 0.3) is 0 Å². The second-order valence-electron chi connectivity index (χ2n) is 3.94. The first-order valence-electron chi connectivity index (χ1n) is 5.04. The minimum atomic E-state index is 0.701. The van der Waals surface area contributed by atoms with E-state index in [0.717, 1.165) is 0 Å². The number of H-pyrrole nitrogens is 1. The van der Waals surface area contributed by atoms with Crippen LogP contribution in [0.5, 0.6) is 0 Å². The lowest BCUT2D eigenvalue weighted by atomic mass is 9.97.